The lowest BCUT2D eigenvalue weighted by atomic mass is 10.00. The third kappa shape index (κ3) is 7.55. The summed E-state index contributed by atoms with van der Waals surface area (Å²) >= 11 is 0. The number of hydrogen-bond donors (Lipinski definition) is 1. The fraction of sp³-hybridized carbons (Fsp3) is 0.846. The quantitative estimate of drug-likeness (QED) is 0.482. The lowest BCUT2D eigenvalue weighted by Gasteiger charge is -2.10. The first-order valence-corrected chi connectivity index (χ1v) is 6.01. The van der Waals surface area contributed by atoms with Crippen molar-refractivity contribution in [2.24, 2.45) is 11.8 Å². The molecule has 0 spiro atoms. The lowest BCUT2D eigenvalue weighted by molar-refractivity contribution is 0.483. The fourth-order valence-corrected chi connectivity index (χ4v) is 1.65. The predicted octanol–water partition coefficient (Wildman–Crippen LogP) is 3.56. The van der Waals surface area contributed by atoms with Crippen LogP contribution in [-0.2, 0) is 0 Å². The number of hydrogen-bond acceptors (Lipinski definition) is 1. The Kier molecular flexibility index (Phi) is 8.68. The van der Waals surface area contributed by atoms with Crippen LogP contribution in [0.15, 0.2) is 11.6 Å². The Morgan fingerprint density at radius 1 is 1.33 bits per heavy atom. The number of allylic oxidation sites excluding steroid dienone is 2. The lowest BCUT2D eigenvalue weighted by Crippen LogP contribution is -2.15. The topological polar surface area (TPSA) is 12.0 Å². The Labute approximate surface area is 94.1 Å². The van der Waals surface area contributed by atoms with Gasteiger partial charge in [-0.15, -0.1) is 0 Å². The van der Waals surface area contributed by atoms with Gasteiger partial charge in [-0.25, -0.2) is 4.39 Å². The molecule has 0 saturated heterocycles. The van der Waals surface area contributed by atoms with E-state index in [1.165, 1.54) is 12.8 Å². The van der Waals surface area contributed by atoms with Gasteiger partial charge >= 0.3 is 0 Å². The molecule has 15 heavy (non-hydrogen) atoms. The smallest absolute Gasteiger partial charge is 0.111 e. The maximum Gasteiger partial charge on any atom is 0.111 e. The Morgan fingerprint density at radius 3 is 2.47 bits per heavy atom. The summed E-state index contributed by atoms with van der Waals surface area (Å²) in [7, 11) is 1.98. The van der Waals surface area contributed by atoms with Gasteiger partial charge in [0.15, 0.2) is 0 Å². The summed E-state index contributed by atoms with van der Waals surface area (Å²) in [5.41, 5.74) is 0.955. The van der Waals surface area contributed by atoms with Crippen LogP contribution in [0, 0.1) is 11.8 Å². The van der Waals surface area contributed by atoms with Crippen LogP contribution in [-0.4, -0.2) is 20.3 Å². The van der Waals surface area contributed by atoms with Crippen molar-refractivity contribution in [3.63, 3.8) is 0 Å². The van der Waals surface area contributed by atoms with E-state index in [0.717, 1.165) is 24.5 Å². The minimum atomic E-state index is -0.288. The van der Waals surface area contributed by atoms with Gasteiger partial charge in [-0.1, -0.05) is 26.8 Å². The molecule has 0 heterocycles. The average Bonchev–Trinajstić information content (AvgIpc) is 2.17. The van der Waals surface area contributed by atoms with E-state index in [1.807, 2.05) is 7.05 Å². The largest absolute Gasteiger partial charge is 0.319 e. The molecular formula is C13H26FN. The second kappa shape index (κ2) is 8.90. The summed E-state index contributed by atoms with van der Waals surface area (Å²) in [5.74, 6) is 1.07. The average molecular weight is 215 g/mol. The maximum absolute atomic E-state index is 12.5. The van der Waals surface area contributed by atoms with Crippen molar-refractivity contribution >= 4 is 0 Å². The van der Waals surface area contributed by atoms with Crippen LogP contribution in [0.25, 0.3) is 0 Å². The van der Waals surface area contributed by atoms with E-state index in [1.54, 1.807) is 0 Å². The van der Waals surface area contributed by atoms with Crippen LogP contribution >= 0.6 is 0 Å². The summed E-state index contributed by atoms with van der Waals surface area (Å²) < 4.78 is 12.5. The third-order valence-electron chi connectivity index (χ3n) is 2.76. The van der Waals surface area contributed by atoms with Gasteiger partial charge in [0.2, 0.25) is 0 Å². The summed E-state index contributed by atoms with van der Waals surface area (Å²) in [6.07, 6.45) is 5.48. The van der Waals surface area contributed by atoms with Crippen molar-refractivity contribution in [1.29, 1.82) is 0 Å². The highest BCUT2D eigenvalue weighted by Crippen LogP contribution is 2.13. The molecule has 0 rings (SSSR count). The normalized spacial score (nSPS) is 14.7. The van der Waals surface area contributed by atoms with E-state index in [9.17, 15) is 4.39 Å². The molecule has 0 saturated carbocycles. The van der Waals surface area contributed by atoms with Crippen molar-refractivity contribution in [3.8, 4) is 0 Å². The van der Waals surface area contributed by atoms with Crippen molar-refractivity contribution in [3.05, 3.63) is 11.6 Å². The van der Waals surface area contributed by atoms with E-state index in [4.69, 9.17) is 0 Å². The van der Waals surface area contributed by atoms with Crippen LogP contribution in [0.3, 0.4) is 0 Å². The Balaban J connectivity index is 3.67. The van der Waals surface area contributed by atoms with E-state index >= 15 is 0 Å². The summed E-state index contributed by atoms with van der Waals surface area (Å²) in [6.45, 7) is 7.14. The molecule has 0 aliphatic carbocycles. The number of nitrogens with one attached hydrogen (secondary N) is 1. The molecule has 1 unspecified atom stereocenters. The Bertz CT molecular complexity index is 175. The zero-order valence-electron chi connectivity index (χ0n) is 10.6. The molecule has 0 aliphatic rings. The number of rotatable bonds is 8. The number of halogens is 1. The first-order chi connectivity index (χ1) is 7.11. The molecule has 0 aliphatic heterocycles. The molecule has 0 aromatic carbocycles. The van der Waals surface area contributed by atoms with Crippen molar-refractivity contribution < 1.29 is 4.39 Å². The van der Waals surface area contributed by atoms with E-state index < -0.39 is 0 Å². The molecule has 0 fully saturated rings. The molecule has 0 aromatic rings. The molecule has 1 atom stereocenters. The van der Waals surface area contributed by atoms with Gasteiger partial charge in [-0.3, -0.25) is 0 Å². The molecular weight excluding hydrogens is 189 g/mol. The Hall–Kier alpha value is -0.370. The van der Waals surface area contributed by atoms with Gasteiger partial charge < -0.3 is 5.32 Å². The monoisotopic (exact) mass is 215 g/mol. The summed E-state index contributed by atoms with van der Waals surface area (Å²) in [4.78, 5) is 0. The molecule has 0 aromatic heterocycles. The minimum absolute atomic E-state index is 0.288. The fourth-order valence-electron chi connectivity index (χ4n) is 1.65. The van der Waals surface area contributed by atoms with Gasteiger partial charge in [-0.05, 0) is 50.3 Å². The highest BCUT2D eigenvalue weighted by molar-refractivity contribution is 5.04. The van der Waals surface area contributed by atoms with Crippen molar-refractivity contribution in [2.45, 2.75) is 40.0 Å². The Morgan fingerprint density at radius 2 is 2.00 bits per heavy atom. The van der Waals surface area contributed by atoms with Gasteiger partial charge in [0.25, 0.3) is 0 Å². The van der Waals surface area contributed by atoms with Crippen LogP contribution in [0.4, 0.5) is 4.39 Å². The van der Waals surface area contributed by atoms with Gasteiger partial charge in [0, 0.05) is 0 Å². The van der Waals surface area contributed by atoms with Crippen molar-refractivity contribution in [1.82, 2.24) is 5.32 Å². The first kappa shape index (κ1) is 14.6. The molecule has 90 valence electrons. The van der Waals surface area contributed by atoms with E-state index in [-0.39, 0.29) is 6.67 Å². The summed E-state index contributed by atoms with van der Waals surface area (Å²) in [6, 6.07) is 0. The van der Waals surface area contributed by atoms with E-state index in [0.29, 0.717) is 5.92 Å². The first-order valence-electron chi connectivity index (χ1n) is 6.01. The van der Waals surface area contributed by atoms with Gasteiger partial charge in [0.1, 0.15) is 6.67 Å². The SMILES string of the molecule is CNCC(C)CCCC=C(CF)C(C)C. The molecule has 2 heteroatoms. The molecule has 0 bridgehead atoms. The standard InChI is InChI=1S/C13H26FN/c1-11(2)13(9-14)8-6-5-7-12(3)10-15-4/h8,11-12,15H,5-7,9-10H2,1-4H3. The van der Waals surface area contributed by atoms with Gasteiger partial charge in [-0.2, -0.15) is 0 Å². The molecule has 0 radical (unpaired) electrons. The van der Waals surface area contributed by atoms with Crippen molar-refractivity contribution in [2.75, 3.05) is 20.3 Å². The number of alkyl halides is 1. The van der Waals surface area contributed by atoms with Crippen LogP contribution < -0.4 is 5.32 Å². The zero-order chi connectivity index (χ0) is 11.7. The highest BCUT2D eigenvalue weighted by atomic mass is 19.1. The predicted molar refractivity (Wildman–Crippen MR) is 65.8 cm³/mol. The molecule has 1 N–H and O–H groups in total. The van der Waals surface area contributed by atoms with Crippen LogP contribution in [0.5, 0.6) is 0 Å². The number of unbranched alkanes of at least 4 members (excludes halogenated alkanes) is 1. The highest BCUT2D eigenvalue weighted by Gasteiger charge is 2.02. The second-order valence-corrected chi connectivity index (χ2v) is 4.66. The third-order valence-corrected chi connectivity index (χ3v) is 2.76. The maximum atomic E-state index is 12.5. The molecule has 0 amide bonds. The minimum Gasteiger partial charge on any atom is -0.319 e. The zero-order valence-corrected chi connectivity index (χ0v) is 10.6. The second-order valence-electron chi connectivity index (χ2n) is 4.66. The summed E-state index contributed by atoms with van der Waals surface area (Å²) in [5, 5.41) is 3.17. The van der Waals surface area contributed by atoms with Crippen LogP contribution in [0.1, 0.15) is 40.0 Å². The van der Waals surface area contributed by atoms with E-state index in [2.05, 4.69) is 32.2 Å². The van der Waals surface area contributed by atoms with Crippen LogP contribution in [0.2, 0.25) is 0 Å². The van der Waals surface area contributed by atoms with Gasteiger partial charge in [0.05, 0.1) is 0 Å². The molecule has 1 nitrogen and oxygen atoms in total.